The van der Waals surface area contributed by atoms with Crippen molar-refractivity contribution in [2.75, 3.05) is 26.7 Å². The summed E-state index contributed by atoms with van der Waals surface area (Å²) in [6, 6.07) is 0. The van der Waals surface area contributed by atoms with Crippen molar-refractivity contribution in [1.82, 2.24) is 15.2 Å². The molecule has 2 rings (SSSR count). The summed E-state index contributed by atoms with van der Waals surface area (Å²) in [4.78, 5) is 19.9. The van der Waals surface area contributed by atoms with Crippen molar-refractivity contribution in [3.8, 4) is 0 Å². The van der Waals surface area contributed by atoms with Crippen LogP contribution >= 0.6 is 11.3 Å². The Labute approximate surface area is 125 Å². The Balaban J connectivity index is 1.91. The topological polar surface area (TPSA) is 45.2 Å². The summed E-state index contributed by atoms with van der Waals surface area (Å²) in [5, 5.41) is 4.13. The molecule has 1 aliphatic heterocycles. The molecular formula is C15H25N3OS. The van der Waals surface area contributed by atoms with Crippen molar-refractivity contribution in [3.63, 3.8) is 0 Å². The van der Waals surface area contributed by atoms with Crippen LogP contribution in [0.4, 0.5) is 0 Å². The van der Waals surface area contributed by atoms with Crippen LogP contribution in [0.3, 0.4) is 0 Å². The molecule has 1 aromatic heterocycles. The third-order valence-electron chi connectivity index (χ3n) is 3.79. The molecule has 1 N–H and O–H groups in total. The Hall–Kier alpha value is -0.940. The van der Waals surface area contributed by atoms with E-state index in [4.69, 9.17) is 0 Å². The average molecular weight is 295 g/mol. The molecule has 0 bridgehead atoms. The summed E-state index contributed by atoms with van der Waals surface area (Å²) in [5.41, 5.74) is 0.858. The van der Waals surface area contributed by atoms with Gasteiger partial charge in [-0.2, -0.15) is 0 Å². The summed E-state index contributed by atoms with van der Waals surface area (Å²) in [6.45, 7) is 9.17. The van der Waals surface area contributed by atoms with Gasteiger partial charge in [-0.05, 0) is 39.3 Å². The monoisotopic (exact) mass is 295 g/mol. The fourth-order valence-electron chi connectivity index (χ4n) is 2.63. The van der Waals surface area contributed by atoms with Gasteiger partial charge in [0.1, 0.15) is 4.88 Å². The molecule has 0 radical (unpaired) electrons. The Morgan fingerprint density at radius 2 is 2.30 bits per heavy atom. The van der Waals surface area contributed by atoms with Gasteiger partial charge in [-0.1, -0.05) is 13.8 Å². The molecule has 1 fully saturated rings. The van der Waals surface area contributed by atoms with Crippen LogP contribution in [0.5, 0.6) is 0 Å². The largest absolute Gasteiger partial charge is 0.351 e. The summed E-state index contributed by atoms with van der Waals surface area (Å²) in [7, 11) is 2.15. The van der Waals surface area contributed by atoms with Crippen LogP contribution < -0.4 is 5.32 Å². The lowest BCUT2D eigenvalue weighted by atomic mass is 9.98. The third kappa shape index (κ3) is 3.79. The summed E-state index contributed by atoms with van der Waals surface area (Å²) in [6.07, 6.45) is 2.44. The third-order valence-corrected chi connectivity index (χ3v) is 5.24. The fraction of sp³-hybridized carbons (Fsp3) is 0.733. The molecule has 0 unspecified atom stereocenters. The normalized spacial score (nSPS) is 20.4. The first-order chi connectivity index (χ1) is 9.47. The average Bonchev–Trinajstić information content (AvgIpc) is 2.78. The van der Waals surface area contributed by atoms with E-state index in [9.17, 15) is 4.79 Å². The zero-order valence-corrected chi connectivity index (χ0v) is 13.7. The minimum absolute atomic E-state index is 0.0418. The minimum atomic E-state index is 0.0418. The number of nitrogens with one attached hydrogen (secondary N) is 1. The first-order valence-electron chi connectivity index (χ1n) is 7.41. The number of hydrogen-bond acceptors (Lipinski definition) is 4. The number of amides is 1. The summed E-state index contributed by atoms with van der Waals surface area (Å²) >= 11 is 1.53. The van der Waals surface area contributed by atoms with E-state index >= 15 is 0 Å². The second kappa shape index (κ2) is 6.68. The molecule has 0 aliphatic carbocycles. The van der Waals surface area contributed by atoms with E-state index in [1.165, 1.54) is 30.7 Å². The first-order valence-corrected chi connectivity index (χ1v) is 8.23. The molecule has 1 atom stereocenters. The fourth-order valence-corrected chi connectivity index (χ4v) is 3.62. The Morgan fingerprint density at radius 3 is 2.90 bits per heavy atom. The van der Waals surface area contributed by atoms with Crippen molar-refractivity contribution in [1.29, 1.82) is 0 Å². The molecule has 0 spiro atoms. The van der Waals surface area contributed by atoms with Gasteiger partial charge in [0.05, 0.1) is 10.7 Å². The molecule has 1 saturated heterocycles. The van der Waals surface area contributed by atoms with Gasteiger partial charge in [0.25, 0.3) is 5.91 Å². The van der Waals surface area contributed by atoms with E-state index in [-0.39, 0.29) is 5.91 Å². The summed E-state index contributed by atoms with van der Waals surface area (Å²) in [5.74, 6) is 1.00. The minimum Gasteiger partial charge on any atom is -0.351 e. The van der Waals surface area contributed by atoms with Crippen LogP contribution in [0, 0.1) is 12.8 Å². The quantitative estimate of drug-likeness (QED) is 0.929. The molecular weight excluding hydrogens is 270 g/mol. The second-order valence-electron chi connectivity index (χ2n) is 6.10. The van der Waals surface area contributed by atoms with Crippen LogP contribution in [0.15, 0.2) is 0 Å². The van der Waals surface area contributed by atoms with Gasteiger partial charge in [-0.25, -0.2) is 4.98 Å². The molecule has 1 aromatic rings. The van der Waals surface area contributed by atoms with Crippen molar-refractivity contribution in [2.24, 2.45) is 5.92 Å². The maximum absolute atomic E-state index is 12.3. The van der Waals surface area contributed by atoms with Crippen LogP contribution in [-0.2, 0) is 0 Å². The number of carbonyl (C=O) groups excluding carboxylic acids is 1. The van der Waals surface area contributed by atoms with Crippen molar-refractivity contribution in [3.05, 3.63) is 15.6 Å². The Bertz CT molecular complexity index is 470. The molecule has 5 heteroatoms. The number of likely N-dealkylation sites (tertiary alicyclic amines) is 1. The van der Waals surface area contributed by atoms with Crippen LogP contribution in [0.2, 0.25) is 0 Å². The van der Waals surface area contributed by atoms with Crippen LogP contribution in [0.25, 0.3) is 0 Å². The Morgan fingerprint density at radius 1 is 1.55 bits per heavy atom. The standard InChI is InChI=1S/C15H25N3OS/c1-10(2)15-17-11(3)13(20-15)14(19)16-8-12-6-5-7-18(4)9-12/h10,12H,5-9H2,1-4H3,(H,16,19)/t12-/m0/s1. The van der Waals surface area contributed by atoms with Gasteiger partial charge in [0, 0.05) is 19.0 Å². The van der Waals surface area contributed by atoms with E-state index in [1.54, 1.807) is 0 Å². The van der Waals surface area contributed by atoms with E-state index in [1.807, 2.05) is 6.92 Å². The molecule has 1 amide bonds. The number of nitrogens with zero attached hydrogens (tertiary/aromatic N) is 2. The highest BCUT2D eigenvalue weighted by atomic mass is 32.1. The van der Waals surface area contributed by atoms with E-state index in [2.05, 4.69) is 36.1 Å². The number of rotatable bonds is 4. The zero-order valence-electron chi connectivity index (χ0n) is 12.9. The molecule has 0 aromatic carbocycles. The lowest BCUT2D eigenvalue weighted by Gasteiger charge is -2.29. The predicted octanol–water partition coefficient (Wildman–Crippen LogP) is 2.65. The number of carbonyl (C=O) groups is 1. The van der Waals surface area contributed by atoms with Gasteiger partial charge in [-0.3, -0.25) is 4.79 Å². The number of thiazole rings is 1. The van der Waals surface area contributed by atoms with Gasteiger partial charge < -0.3 is 10.2 Å². The molecule has 4 nitrogen and oxygen atoms in total. The molecule has 112 valence electrons. The van der Waals surface area contributed by atoms with E-state index < -0.39 is 0 Å². The predicted molar refractivity (Wildman–Crippen MR) is 83.5 cm³/mol. The van der Waals surface area contributed by atoms with Crippen LogP contribution in [-0.4, -0.2) is 42.5 Å². The smallest absolute Gasteiger partial charge is 0.263 e. The molecule has 2 heterocycles. The van der Waals surface area contributed by atoms with Gasteiger partial charge >= 0.3 is 0 Å². The second-order valence-corrected chi connectivity index (χ2v) is 7.13. The molecule has 1 aliphatic rings. The molecule has 0 saturated carbocycles. The van der Waals surface area contributed by atoms with E-state index in [0.29, 0.717) is 11.8 Å². The Kier molecular flexibility index (Phi) is 5.16. The first kappa shape index (κ1) is 15.4. The van der Waals surface area contributed by atoms with Crippen LogP contribution in [0.1, 0.15) is 53.0 Å². The summed E-state index contributed by atoms with van der Waals surface area (Å²) < 4.78 is 0. The number of aromatic nitrogens is 1. The number of aryl methyl sites for hydroxylation is 1. The number of piperidine rings is 1. The van der Waals surface area contributed by atoms with Gasteiger partial charge in [-0.15, -0.1) is 11.3 Å². The zero-order chi connectivity index (χ0) is 14.7. The SMILES string of the molecule is Cc1nc(C(C)C)sc1C(=O)NC[C@@H]1CCCN(C)C1. The van der Waals surface area contributed by atoms with Crippen molar-refractivity contribution < 1.29 is 4.79 Å². The maximum atomic E-state index is 12.3. The van der Waals surface area contributed by atoms with Gasteiger partial charge in [0.2, 0.25) is 0 Å². The lowest BCUT2D eigenvalue weighted by molar-refractivity contribution is 0.0940. The highest BCUT2D eigenvalue weighted by Gasteiger charge is 2.20. The highest BCUT2D eigenvalue weighted by Crippen LogP contribution is 2.24. The maximum Gasteiger partial charge on any atom is 0.263 e. The molecule has 20 heavy (non-hydrogen) atoms. The van der Waals surface area contributed by atoms with E-state index in [0.717, 1.165) is 28.7 Å². The lowest BCUT2D eigenvalue weighted by Crippen LogP contribution is -2.39. The highest BCUT2D eigenvalue weighted by molar-refractivity contribution is 7.13. The van der Waals surface area contributed by atoms with Gasteiger partial charge in [0.15, 0.2) is 0 Å². The van der Waals surface area contributed by atoms with Crippen molar-refractivity contribution >= 4 is 17.2 Å². The van der Waals surface area contributed by atoms with Crippen molar-refractivity contribution in [2.45, 2.75) is 39.5 Å². The number of hydrogen-bond donors (Lipinski definition) is 1.